The predicted molar refractivity (Wildman–Crippen MR) is 75.3 cm³/mol. The molecule has 1 aromatic carbocycles. The maximum absolute atomic E-state index is 12.0. The Morgan fingerprint density at radius 2 is 2.11 bits per heavy atom. The lowest BCUT2D eigenvalue weighted by Gasteiger charge is -2.36. The molecular weight excluding hydrogens is 240 g/mol. The van der Waals surface area contributed by atoms with Crippen molar-refractivity contribution < 1.29 is 4.79 Å². The van der Waals surface area contributed by atoms with Gasteiger partial charge in [-0.25, -0.2) is 0 Å². The van der Waals surface area contributed by atoms with Crippen molar-refractivity contribution in [1.29, 1.82) is 5.26 Å². The summed E-state index contributed by atoms with van der Waals surface area (Å²) >= 11 is 0. The van der Waals surface area contributed by atoms with E-state index in [-0.39, 0.29) is 5.91 Å². The zero-order chi connectivity index (χ0) is 14.0. The maximum atomic E-state index is 12.0. The van der Waals surface area contributed by atoms with Crippen molar-refractivity contribution in [3.63, 3.8) is 0 Å². The number of carbonyl (C=O) groups excluding carboxylic acids is 1. The van der Waals surface area contributed by atoms with Crippen LogP contribution in [0.5, 0.6) is 0 Å². The van der Waals surface area contributed by atoms with Gasteiger partial charge in [-0.2, -0.15) is 5.26 Å². The number of hydrogen-bond acceptors (Lipinski definition) is 4. The summed E-state index contributed by atoms with van der Waals surface area (Å²) in [4.78, 5) is 17.8. The third-order valence-corrected chi connectivity index (χ3v) is 3.32. The first-order valence-electron chi connectivity index (χ1n) is 6.23. The van der Waals surface area contributed by atoms with E-state index in [9.17, 15) is 4.79 Å². The lowest BCUT2D eigenvalue weighted by molar-refractivity contribution is -0.117. The molecule has 0 saturated heterocycles. The summed E-state index contributed by atoms with van der Waals surface area (Å²) in [6.07, 6.45) is 0. The highest BCUT2D eigenvalue weighted by molar-refractivity contribution is 6.03. The summed E-state index contributed by atoms with van der Waals surface area (Å²) < 4.78 is 0. The quantitative estimate of drug-likeness (QED) is 0.808. The van der Waals surface area contributed by atoms with Crippen LogP contribution in [0.15, 0.2) is 18.2 Å². The summed E-state index contributed by atoms with van der Waals surface area (Å²) in [6.45, 7) is 2.07. The topological polar surface area (TPSA) is 50.6 Å². The number of benzene rings is 1. The highest BCUT2D eigenvalue weighted by Gasteiger charge is 2.26. The predicted octanol–water partition coefficient (Wildman–Crippen LogP) is 0.903. The normalized spacial score (nSPS) is 14.6. The SMILES string of the molecule is CN(C)CCN1CC(=O)N(C)c2cc(C#N)ccc21. The Morgan fingerprint density at radius 3 is 2.74 bits per heavy atom. The molecule has 0 aromatic heterocycles. The molecule has 0 saturated carbocycles. The van der Waals surface area contributed by atoms with Gasteiger partial charge in [0.05, 0.1) is 29.6 Å². The molecule has 0 bridgehead atoms. The summed E-state index contributed by atoms with van der Waals surface area (Å²) in [5.41, 5.74) is 2.41. The molecule has 0 atom stereocenters. The van der Waals surface area contributed by atoms with E-state index < -0.39 is 0 Å². The molecule has 1 aromatic rings. The van der Waals surface area contributed by atoms with Gasteiger partial charge in [0.2, 0.25) is 5.91 Å². The van der Waals surface area contributed by atoms with E-state index >= 15 is 0 Å². The average Bonchev–Trinajstić information content (AvgIpc) is 2.40. The van der Waals surface area contributed by atoms with Gasteiger partial charge >= 0.3 is 0 Å². The minimum Gasteiger partial charge on any atom is -0.359 e. The molecule has 0 radical (unpaired) electrons. The first-order valence-corrected chi connectivity index (χ1v) is 6.23. The molecule has 2 rings (SSSR count). The van der Waals surface area contributed by atoms with E-state index in [4.69, 9.17) is 5.26 Å². The average molecular weight is 258 g/mol. The Labute approximate surface area is 113 Å². The second-order valence-corrected chi connectivity index (χ2v) is 4.99. The number of nitrogens with zero attached hydrogens (tertiary/aromatic N) is 4. The van der Waals surface area contributed by atoms with Crippen molar-refractivity contribution in [2.75, 3.05) is 50.6 Å². The van der Waals surface area contributed by atoms with Crippen molar-refractivity contribution in [1.82, 2.24) is 4.90 Å². The molecule has 5 heteroatoms. The van der Waals surface area contributed by atoms with Crippen LogP contribution in [0.3, 0.4) is 0 Å². The minimum atomic E-state index is 0.0568. The zero-order valence-electron chi connectivity index (χ0n) is 11.6. The van der Waals surface area contributed by atoms with Crippen LogP contribution in [-0.2, 0) is 4.79 Å². The van der Waals surface area contributed by atoms with Gasteiger partial charge in [-0.3, -0.25) is 4.79 Å². The van der Waals surface area contributed by atoms with E-state index in [1.54, 1.807) is 24.1 Å². The molecule has 0 spiro atoms. The Kier molecular flexibility index (Phi) is 3.72. The first kappa shape index (κ1) is 13.4. The number of anilines is 2. The van der Waals surface area contributed by atoms with Crippen LogP contribution in [-0.4, -0.2) is 51.6 Å². The zero-order valence-corrected chi connectivity index (χ0v) is 11.6. The van der Waals surface area contributed by atoms with E-state index in [0.717, 1.165) is 24.5 Å². The van der Waals surface area contributed by atoms with Crippen LogP contribution in [0.1, 0.15) is 5.56 Å². The number of hydrogen-bond donors (Lipinski definition) is 0. The fourth-order valence-corrected chi connectivity index (χ4v) is 2.14. The number of fused-ring (bicyclic) bond motifs is 1. The second-order valence-electron chi connectivity index (χ2n) is 4.99. The Balaban J connectivity index is 2.34. The second kappa shape index (κ2) is 5.29. The molecule has 1 heterocycles. The third-order valence-electron chi connectivity index (χ3n) is 3.32. The third kappa shape index (κ3) is 2.69. The molecule has 0 fully saturated rings. The fourth-order valence-electron chi connectivity index (χ4n) is 2.14. The van der Waals surface area contributed by atoms with Crippen LogP contribution in [0.25, 0.3) is 0 Å². The summed E-state index contributed by atoms with van der Waals surface area (Å²) in [5, 5.41) is 8.96. The lowest BCUT2D eigenvalue weighted by Crippen LogP contribution is -2.46. The maximum Gasteiger partial charge on any atom is 0.246 e. The standard InChI is InChI=1S/C14H18N4O/c1-16(2)6-7-18-10-14(19)17(3)13-8-11(9-15)4-5-12(13)18/h4-5,8H,6-7,10H2,1-3H3. The van der Waals surface area contributed by atoms with Gasteiger partial charge in [0.15, 0.2) is 0 Å². The molecular formula is C14H18N4O. The molecule has 1 amide bonds. The van der Waals surface area contributed by atoms with Gasteiger partial charge in [0.1, 0.15) is 0 Å². The summed E-state index contributed by atoms with van der Waals surface area (Å²) in [6, 6.07) is 7.61. The van der Waals surface area contributed by atoms with E-state index in [1.807, 2.05) is 20.2 Å². The first-order chi connectivity index (χ1) is 9.02. The van der Waals surface area contributed by atoms with Gasteiger partial charge in [-0.05, 0) is 32.3 Å². The molecule has 0 N–H and O–H groups in total. The number of rotatable bonds is 3. The largest absolute Gasteiger partial charge is 0.359 e. The molecule has 1 aliphatic rings. The van der Waals surface area contributed by atoms with Crippen LogP contribution < -0.4 is 9.80 Å². The van der Waals surface area contributed by atoms with E-state index in [1.165, 1.54) is 0 Å². The minimum absolute atomic E-state index is 0.0568. The van der Waals surface area contributed by atoms with Gasteiger partial charge in [0.25, 0.3) is 0 Å². The van der Waals surface area contributed by atoms with Crippen molar-refractivity contribution >= 4 is 17.3 Å². The molecule has 0 aliphatic carbocycles. The van der Waals surface area contributed by atoms with Crippen molar-refractivity contribution in [2.24, 2.45) is 0 Å². The van der Waals surface area contributed by atoms with Crippen molar-refractivity contribution in [3.8, 4) is 6.07 Å². The molecule has 1 aliphatic heterocycles. The Bertz CT molecular complexity index is 533. The van der Waals surface area contributed by atoms with Gasteiger partial charge < -0.3 is 14.7 Å². The summed E-state index contributed by atoms with van der Waals surface area (Å²) in [5.74, 6) is 0.0568. The van der Waals surface area contributed by atoms with Gasteiger partial charge in [0, 0.05) is 20.1 Å². The van der Waals surface area contributed by atoms with Gasteiger partial charge in [-0.1, -0.05) is 0 Å². The summed E-state index contributed by atoms with van der Waals surface area (Å²) in [7, 11) is 5.78. The van der Waals surface area contributed by atoms with Crippen LogP contribution >= 0.6 is 0 Å². The molecule has 19 heavy (non-hydrogen) atoms. The van der Waals surface area contributed by atoms with Crippen LogP contribution in [0.4, 0.5) is 11.4 Å². The number of amides is 1. The number of likely N-dealkylation sites (N-methyl/N-ethyl adjacent to an activating group) is 2. The molecule has 0 unspecified atom stereocenters. The smallest absolute Gasteiger partial charge is 0.246 e. The molecule has 5 nitrogen and oxygen atoms in total. The van der Waals surface area contributed by atoms with E-state index in [2.05, 4.69) is 15.9 Å². The molecule has 100 valence electrons. The fraction of sp³-hybridized carbons (Fsp3) is 0.429. The highest BCUT2D eigenvalue weighted by Crippen LogP contribution is 2.33. The number of carbonyl (C=O) groups is 1. The number of nitriles is 1. The van der Waals surface area contributed by atoms with Crippen molar-refractivity contribution in [3.05, 3.63) is 23.8 Å². The monoisotopic (exact) mass is 258 g/mol. The van der Waals surface area contributed by atoms with E-state index in [0.29, 0.717) is 12.1 Å². The Morgan fingerprint density at radius 1 is 1.37 bits per heavy atom. The Hall–Kier alpha value is -2.06. The van der Waals surface area contributed by atoms with Crippen LogP contribution in [0.2, 0.25) is 0 Å². The highest BCUT2D eigenvalue weighted by atomic mass is 16.2. The van der Waals surface area contributed by atoms with Crippen LogP contribution in [0, 0.1) is 11.3 Å². The lowest BCUT2D eigenvalue weighted by atomic mass is 10.1. The van der Waals surface area contributed by atoms with Gasteiger partial charge in [-0.15, -0.1) is 0 Å². The van der Waals surface area contributed by atoms with Crippen molar-refractivity contribution in [2.45, 2.75) is 0 Å².